The molecule has 0 unspecified atom stereocenters. The van der Waals surface area contributed by atoms with E-state index in [1.165, 1.54) is 0 Å². The topological polar surface area (TPSA) is 80.5 Å². The third kappa shape index (κ3) is 2.73. The number of fused-ring (bicyclic) bond motifs is 3. The lowest BCUT2D eigenvalue weighted by atomic mass is 9.99. The van der Waals surface area contributed by atoms with Crippen LogP contribution in [0.3, 0.4) is 0 Å². The van der Waals surface area contributed by atoms with Crippen LogP contribution in [-0.4, -0.2) is 50.2 Å². The van der Waals surface area contributed by atoms with Gasteiger partial charge in [0, 0.05) is 19.6 Å². The van der Waals surface area contributed by atoms with Gasteiger partial charge >= 0.3 is 5.97 Å². The number of carbonyl (C=O) groups is 1. The number of benzene rings is 1. The number of ether oxygens (including phenoxy) is 1. The number of carboxylic acid groups (broad SMARTS) is 1. The Bertz CT molecular complexity index is 730. The molecule has 2 aliphatic heterocycles. The van der Waals surface area contributed by atoms with E-state index in [1.807, 2.05) is 10.7 Å². The van der Waals surface area contributed by atoms with Gasteiger partial charge in [-0.25, -0.2) is 9.48 Å². The summed E-state index contributed by atoms with van der Waals surface area (Å²) in [4.78, 5) is 13.4. The second kappa shape index (κ2) is 5.75. The Hall–Kier alpha value is -2.25. The number of hydrogen-bond donors (Lipinski definition) is 1. The summed E-state index contributed by atoms with van der Waals surface area (Å²) in [6.07, 6.45) is 2.89. The molecule has 3 heterocycles. The molecular formula is C16H18N4O3. The lowest BCUT2D eigenvalue weighted by Crippen LogP contribution is -2.47. The average Bonchev–Trinajstić information content (AvgIpc) is 3.04. The maximum absolute atomic E-state index is 11.1. The fraction of sp³-hybridized carbons (Fsp3) is 0.438. The Labute approximate surface area is 133 Å². The maximum Gasteiger partial charge on any atom is 0.335 e. The van der Waals surface area contributed by atoms with E-state index in [0.717, 1.165) is 37.3 Å². The fourth-order valence-corrected chi connectivity index (χ4v) is 3.45. The van der Waals surface area contributed by atoms with Gasteiger partial charge < -0.3 is 9.84 Å². The number of aromatic nitrogens is 3. The lowest BCUT2D eigenvalue weighted by Gasteiger charge is -2.41. The molecular weight excluding hydrogens is 296 g/mol. The van der Waals surface area contributed by atoms with Crippen LogP contribution in [0.1, 0.15) is 34.1 Å². The number of nitrogens with zero attached hydrogens (tertiary/aromatic N) is 4. The molecule has 7 nitrogen and oxygen atoms in total. The van der Waals surface area contributed by atoms with Crippen molar-refractivity contribution in [1.82, 2.24) is 19.9 Å². The van der Waals surface area contributed by atoms with Crippen molar-refractivity contribution in [1.29, 1.82) is 0 Å². The van der Waals surface area contributed by atoms with Crippen LogP contribution in [0, 0.1) is 0 Å². The van der Waals surface area contributed by atoms with Crippen molar-refractivity contribution in [3.8, 4) is 0 Å². The standard InChI is InChI=1S/C16H18N4O3/c21-16(22)12-3-1-2-11(6-12)8-19-5-4-15-14(9-19)20-13(10-23-15)7-17-18-20/h1-3,6-7,14-15H,4-5,8-10H2,(H,21,22)/t14-,15+/m1/s1. The highest BCUT2D eigenvalue weighted by Gasteiger charge is 2.36. The van der Waals surface area contributed by atoms with Crippen LogP contribution in [0.4, 0.5) is 0 Å². The van der Waals surface area contributed by atoms with E-state index < -0.39 is 5.97 Å². The van der Waals surface area contributed by atoms with Crippen LogP contribution in [0.2, 0.25) is 0 Å². The molecule has 7 heteroatoms. The summed E-state index contributed by atoms with van der Waals surface area (Å²) in [5.41, 5.74) is 2.36. The van der Waals surface area contributed by atoms with E-state index in [0.29, 0.717) is 12.2 Å². The maximum atomic E-state index is 11.1. The highest BCUT2D eigenvalue weighted by atomic mass is 16.5. The molecule has 4 rings (SSSR count). The molecule has 0 aliphatic carbocycles. The predicted octanol–water partition coefficient (Wildman–Crippen LogP) is 1.32. The quantitative estimate of drug-likeness (QED) is 0.920. The Kier molecular flexibility index (Phi) is 3.59. The SMILES string of the molecule is O=C(O)c1cccc(CN2CC[C@@H]3OCc4cnnn4[C@@H]3C2)c1. The smallest absolute Gasteiger partial charge is 0.335 e. The van der Waals surface area contributed by atoms with Gasteiger partial charge in [-0.05, 0) is 24.1 Å². The summed E-state index contributed by atoms with van der Waals surface area (Å²) in [6.45, 7) is 3.07. The van der Waals surface area contributed by atoms with Crippen molar-refractivity contribution in [2.75, 3.05) is 13.1 Å². The van der Waals surface area contributed by atoms with Crippen molar-refractivity contribution >= 4 is 5.97 Å². The van der Waals surface area contributed by atoms with Crippen molar-refractivity contribution < 1.29 is 14.6 Å². The van der Waals surface area contributed by atoms with Crippen molar-refractivity contribution in [2.45, 2.75) is 31.7 Å². The fourth-order valence-electron chi connectivity index (χ4n) is 3.45. The summed E-state index contributed by atoms with van der Waals surface area (Å²) >= 11 is 0. The van der Waals surface area contributed by atoms with Crippen LogP contribution in [0.15, 0.2) is 30.5 Å². The second-order valence-electron chi connectivity index (χ2n) is 6.12. The first-order valence-electron chi connectivity index (χ1n) is 7.76. The number of carboxylic acids is 1. The molecule has 0 amide bonds. The molecule has 0 bridgehead atoms. The van der Waals surface area contributed by atoms with Crippen LogP contribution in [-0.2, 0) is 17.9 Å². The summed E-state index contributed by atoms with van der Waals surface area (Å²) in [6, 6.07) is 7.31. The molecule has 0 spiro atoms. The molecule has 120 valence electrons. The van der Waals surface area contributed by atoms with Gasteiger partial charge in [-0.2, -0.15) is 0 Å². The molecule has 2 aliphatic rings. The van der Waals surface area contributed by atoms with E-state index in [2.05, 4.69) is 15.2 Å². The van der Waals surface area contributed by atoms with Gasteiger partial charge in [0.15, 0.2) is 0 Å². The Morgan fingerprint density at radius 1 is 1.43 bits per heavy atom. The highest BCUT2D eigenvalue weighted by molar-refractivity contribution is 5.87. The van der Waals surface area contributed by atoms with Crippen LogP contribution >= 0.6 is 0 Å². The molecule has 0 saturated carbocycles. The van der Waals surface area contributed by atoms with Crippen LogP contribution in [0.25, 0.3) is 0 Å². The Morgan fingerprint density at radius 3 is 3.22 bits per heavy atom. The summed E-state index contributed by atoms with van der Waals surface area (Å²) < 4.78 is 7.89. The van der Waals surface area contributed by atoms with Gasteiger partial charge in [-0.1, -0.05) is 17.3 Å². The molecule has 0 radical (unpaired) electrons. The molecule has 1 saturated heterocycles. The monoisotopic (exact) mass is 314 g/mol. The van der Waals surface area contributed by atoms with E-state index in [4.69, 9.17) is 9.84 Å². The van der Waals surface area contributed by atoms with E-state index in [-0.39, 0.29) is 12.1 Å². The molecule has 1 N–H and O–H groups in total. The number of likely N-dealkylation sites (tertiary alicyclic amines) is 1. The Balaban J connectivity index is 1.50. The minimum atomic E-state index is -0.890. The van der Waals surface area contributed by atoms with Gasteiger partial charge in [0.2, 0.25) is 0 Å². The van der Waals surface area contributed by atoms with E-state index in [1.54, 1.807) is 24.4 Å². The first-order chi connectivity index (χ1) is 11.2. The summed E-state index contributed by atoms with van der Waals surface area (Å²) in [7, 11) is 0. The van der Waals surface area contributed by atoms with E-state index >= 15 is 0 Å². The average molecular weight is 314 g/mol. The van der Waals surface area contributed by atoms with Crippen molar-refractivity contribution in [2.24, 2.45) is 0 Å². The molecule has 1 aromatic carbocycles. The third-order valence-corrected chi connectivity index (χ3v) is 4.59. The van der Waals surface area contributed by atoms with Crippen molar-refractivity contribution in [3.05, 3.63) is 47.3 Å². The minimum absolute atomic E-state index is 0.178. The van der Waals surface area contributed by atoms with Gasteiger partial charge in [-0.3, -0.25) is 4.90 Å². The van der Waals surface area contributed by atoms with Crippen LogP contribution < -0.4 is 0 Å². The van der Waals surface area contributed by atoms with Gasteiger partial charge in [0.1, 0.15) is 0 Å². The molecule has 2 atom stereocenters. The zero-order chi connectivity index (χ0) is 15.8. The van der Waals surface area contributed by atoms with Gasteiger partial charge in [-0.15, -0.1) is 5.10 Å². The van der Waals surface area contributed by atoms with Gasteiger partial charge in [0.05, 0.1) is 36.2 Å². The lowest BCUT2D eigenvalue weighted by molar-refractivity contribution is -0.0669. The van der Waals surface area contributed by atoms with Crippen LogP contribution in [0.5, 0.6) is 0 Å². The first-order valence-corrected chi connectivity index (χ1v) is 7.76. The zero-order valence-corrected chi connectivity index (χ0v) is 12.6. The molecule has 1 aromatic heterocycles. The zero-order valence-electron chi connectivity index (χ0n) is 12.6. The van der Waals surface area contributed by atoms with Crippen molar-refractivity contribution in [3.63, 3.8) is 0 Å². The first kappa shape index (κ1) is 14.3. The molecule has 1 fully saturated rings. The summed E-state index contributed by atoms with van der Waals surface area (Å²) in [5, 5.41) is 17.3. The largest absolute Gasteiger partial charge is 0.478 e. The summed E-state index contributed by atoms with van der Waals surface area (Å²) in [5.74, 6) is -0.890. The normalized spacial score (nSPS) is 24.0. The number of piperidine rings is 1. The Morgan fingerprint density at radius 2 is 2.35 bits per heavy atom. The molecule has 23 heavy (non-hydrogen) atoms. The number of hydrogen-bond acceptors (Lipinski definition) is 5. The predicted molar refractivity (Wildman–Crippen MR) is 80.9 cm³/mol. The van der Waals surface area contributed by atoms with Gasteiger partial charge in [0.25, 0.3) is 0 Å². The minimum Gasteiger partial charge on any atom is -0.478 e. The number of rotatable bonds is 3. The highest BCUT2D eigenvalue weighted by Crippen LogP contribution is 2.30. The number of aromatic carboxylic acids is 1. The molecule has 2 aromatic rings. The second-order valence-corrected chi connectivity index (χ2v) is 6.12. The third-order valence-electron chi connectivity index (χ3n) is 4.59. The van der Waals surface area contributed by atoms with E-state index in [9.17, 15) is 4.79 Å².